The van der Waals surface area contributed by atoms with E-state index in [-0.39, 0.29) is 23.8 Å². The van der Waals surface area contributed by atoms with Gasteiger partial charge in [0.25, 0.3) is 0 Å². The summed E-state index contributed by atoms with van der Waals surface area (Å²) in [5, 5.41) is 2.84. The molecule has 2 aliphatic heterocycles. The number of rotatable bonds is 7. The normalized spacial score (nSPS) is 20.6. The van der Waals surface area contributed by atoms with Crippen molar-refractivity contribution >= 4 is 12.0 Å². The summed E-state index contributed by atoms with van der Waals surface area (Å²) in [5.41, 5.74) is 2.99. The first-order valence-electron chi connectivity index (χ1n) is 13.8. The third kappa shape index (κ3) is 9.43. The Bertz CT molecular complexity index is 1020. The van der Waals surface area contributed by atoms with Gasteiger partial charge in [0.2, 0.25) is 5.91 Å². The zero-order chi connectivity index (χ0) is 28.5. The van der Waals surface area contributed by atoms with Gasteiger partial charge in [-0.15, -0.1) is 0 Å². The lowest BCUT2D eigenvalue weighted by Crippen LogP contribution is -2.55. The van der Waals surface area contributed by atoms with Gasteiger partial charge in [-0.25, -0.2) is 9.18 Å². The molecule has 1 aromatic carbocycles. The number of alkyl carbamates (subject to hydrolysis) is 1. The van der Waals surface area contributed by atoms with Gasteiger partial charge in [0, 0.05) is 43.5 Å². The summed E-state index contributed by atoms with van der Waals surface area (Å²) in [6.45, 7) is 17.8. The van der Waals surface area contributed by atoms with Crippen LogP contribution >= 0.6 is 0 Å². The molecule has 1 N–H and O–H groups in total. The Hall–Kier alpha value is -2.93. The van der Waals surface area contributed by atoms with E-state index >= 15 is 0 Å². The number of nitrogens with one attached hydrogen (secondary N) is 1. The first-order chi connectivity index (χ1) is 17.9. The lowest BCUT2D eigenvalue weighted by Gasteiger charge is -2.40. The van der Waals surface area contributed by atoms with Crippen LogP contribution in [0.5, 0.6) is 0 Å². The molecule has 2 amide bonds. The largest absolute Gasteiger partial charge is 0.444 e. The van der Waals surface area contributed by atoms with E-state index in [1.807, 2.05) is 71.6 Å². The second-order valence-corrected chi connectivity index (χ2v) is 10.9. The highest BCUT2D eigenvalue weighted by atomic mass is 19.1. The van der Waals surface area contributed by atoms with Crippen molar-refractivity contribution in [2.45, 2.75) is 98.9 Å². The first kappa shape index (κ1) is 31.3. The maximum absolute atomic E-state index is 13.2. The van der Waals surface area contributed by atoms with Crippen molar-refractivity contribution in [3.63, 3.8) is 0 Å². The highest BCUT2D eigenvalue weighted by molar-refractivity contribution is 5.89. The maximum Gasteiger partial charge on any atom is 0.412 e. The number of fused-ring (bicyclic) bond motifs is 2. The van der Waals surface area contributed by atoms with Crippen molar-refractivity contribution in [3.8, 4) is 0 Å². The fraction of sp³-hybridized carbons (Fsp3) is 0.548. The van der Waals surface area contributed by atoms with Gasteiger partial charge in [-0.2, -0.15) is 0 Å². The molecule has 2 saturated heterocycles. The zero-order valence-corrected chi connectivity index (χ0v) is 24.4. The van der Waals surface area contributed by atoms with E-state index in [2.05, 4.69) is 17.1 Å². The van der Waals surface area contributed by atoms with E-state index in [1.165, 1.54) is 12.1 Å². The number of amides is 2. The Morgan fingerprint density at radius 2 is 1.63 bits per heavy atom. The number of likely N-dealkylation sites (tertiary alicyclic amines) is 1. The van der Waals surface area contributed by atoms with Crippen molar-refractivity contribution in [1.82, 2.24) is 15.1 Å². The van der Waals surface area contributed by atoms with Gasteiger partial charge in [0.05, 0.1) is 0 Å². The molecule has 3 rings (SSSR count). The van der Waals surface area contributed by atoms with Crippen LogP contribution in [0.3, 0.4) is 0 Å². The van der Waals surface area contributed by atoms with Crippen molar-refractivity contribution in [3.05, 3.63) is 70.7 Å². The fourth-order valence-corrected chi connectivity index (χ4v) is 4.71. The van der Waals surface area contributed by atoms with E-state index < -0.39 is 11.7 Å². The predicted molar refractivity (Wildman–Crippen MR) is 152 cm³/mol. The fourth-order valence-electron chi connectivity index (χ4n) is 4.71. The van der Waals surface area contributed by atoms with Crippen molar-refractivity contribution in [1.29, 1.82) is 0 Å². The van der Waals surface area contributed by atoms with Crippen molar-refractivity contribution in [2.75, 3.05) is 13.1 Å². The van der Waals surface area contributed by atoms with Crippen LogP contribution in [0, 0.1) is 5.82 Å². The number of hydrogen-bond donors (Lipinski definition) is 1. The summed E-state index contributed by atoms with van der Waals surface area (Å²) in [6, 6.07) is 6.98. The van der Waals surface area contributed by atoms with Gasteiger partial charge in [0.15, 0.2) is 0 Å². The number of carbonyl (C=O) groups excluding carboxylic acids is 2. The molecular formula is C31H46FN3O3. The lowest BCUT2D eigenvalue weighted by atomic mass is 10.1. The molecule has 2 heterocycles. The molecule has 210 valence electrons. The van der Waals surface area contributed by atoms with Crippen LogP contribution < -0.4 is 5.32 Å². The molecule has 2 bridgehead atoms. The molecule has 2 fully saturated rings. The number of nitrogens with zero attached hydrogens (tertiary/aromatic N) is 2. The third-order valence-corrected chi connectivity index (χ3v) is 6.62. The smallest absolute Gasteiger partial charge is 0.412 e. The molecule has 7 heteroatoms. The van der Waals surface area contributed by atoms with Gasteiger partial charge in [0.1, 0.15) is 11.4 Å². The molecule has 0 aromatic heterocycles. The Morgan fingerprint density at radius 1 is 1.05 bits per heavy atom. The van der Waals surface area contributed by atoms with E-state index in [1.54, 1.807) is 12.2 Å². The van der Waals surface area contributed by atoms with Crippen LogP contribution in [0.1, 0.15) is 80.2 Å². The molecule has 6 nitrogen and oxygen atoms in total. The number of piperazine rings is 1. The van der Waals surface area contributed by atoms with E-state index in [0.29, 0.717) is 5.70 Å². The van der Waals surface area contributed by atoms with Crippen molar-refractivity contribution in [2.24, 2.45) is 0 Å². The summed E-state index contributed by atoms with van der Waals surface area (Å²) in [5.74, 6) is -0.230. The Labute approximate surface area is 228 Å². The molecule has 2 aliphatic rings. The predicted octanol–water partition coefficient (Wildman–Crippen LogP) is 6.74. The molecule has 0 saturated carbocycles. The summed E-state index contributed by atoms with van der Waals surface area (Å²) < 4.78 is 18.6. The molecule has 0 radical (unpaired) electrons. The van der Waals surface area contributed by atoms with Crippen LogP contribution in [0.25, 0.3) is 0 Å². The van der Waals surface area contributed by atoms with Crippen LogP contribution in [0.15, 0.2) is 59.3 Å². The molecule has 2 atom stereocenters. The molecular weight excluding hydrogens is 481 g/mol. The summed E-state index contributed by atoms with van der Waals surface area (Å²) >= 11 is 0. The average Bonchev–Trinajstić information content (AvgIpc) is 3.13. The minimum absolute atomic E-state index is 0.00362. The van der Waals surface area contributed by atoms with Crippen molar-refractivity contribution < 1.29 is 18.7 Å². The van der Waals surface area contributed by atoms with Crippen LogP contribution in [0.4, 0.5) is 9.18 Å². The number of hydrogen-bond acceptors (Lipinski definition) is 4. The second-order valence-electron chi connectivity index (χ2n) is 10.9. The zero-order valence-electron chi connectivity index (χ0n) is 24.4. The minimum Gasteiger partial charge on any atom is -0.444 e. The first-order valence-corrected chi connectivity index (χ1v) is 13.8. The number of benzene rings is 1. The quantitative estimate of drug-likeness (QED) is 0.315. The van der Waals surface area contributed by atoms with Gasteiger partial charge in [-0.3, -0.25) is 15.0 Å². The maximum atomic E-state index is 13.2. The number of allylic oxidation sites excluding steroid dienone is 4. The average molecular weight is 528 g/mol. The minimum atomic E-state index is -0.601. The Morgan fingerprint density at radius 3 is 2.16 bits per heavy atom. The summed E-state index contributed by atoms with van der Waals surface area (Å²) in [4.78, 5) is 30.0. The van der Waals surface area contributed by atoms with Gasteiger partial charge in [-0.05, 0) is 83.2 Å². The number of carbonyl (C=O) groups is 2. The highest BCUT2D eigenvalue weighted by Crippen LogP contribution is 2.31. The lowest BCUT2D eigenvalue weighted by molar-refractivity contribution is -0.131. The molecule has 1 aromatic rings. The van der Waals surface area contributed by atoms with E-state index in [9.17, 15) is 14.0 Å². The topological polar surface area (TPSA) is 61.9 Å². The molecule has 2 unspecified atom stereocenters. The monoisotopic (exact) mass is 527 g/mol. The summed E-state index contributed by atoms with van der Waals surface area (Å²) in [6.07, 6.45) is 7.62. The van der Waals surface area contributed by atoms with Gasteiger partial charge in [-0.1, -0.05) is 44.6 Å². The van der Waals surface area contributed by atoms with Crippen LogP contribution in [-0.4, -0.2) is 52.6 Å². The molecule has 38 heavy (non-hydrogen) atoms. The molecule has 0 aliphatic carbocycles. The Balaban J connectivity index is 0.00000247. The van der Waals surface area contributed by atoms with Gasteiger partial charge < -0.3 is 9.64 Å². The summed E-state index contributed by atoms with van der Waals surface area (Å²) in [7, 11) is 0. The van der Waals surface area contributed by atoms with Crippen LogP contribution in [-0.2, 0) is 16.1 Å². The van der Waals surface area contributed by atoms with Crippen LogP contribution in [0.2, 0.25) is 0 Å². The SMILES string of the molecule is CC.CC\C(C)=C/C(NC(=O)OC(C)(C)C)=C(C)/C=C/C(=O)N1C2CCC1CN(Cc1ccc(F)cc1)C2. The standard InChI is InChI=1S/C29H40FN3O3.C2H6/c1-7-20(2)16-26(31-28(35)36-29(4,5)6)21(3)8-15-27(34)33-24-13-14-25(33)19-32(18-24)17-22-9-11-23(30)12-10-22;1-2/h8-12,15-16,24-25H,7,13-14,17-19H2,1-6H3,(H,31,35);1-2H3/b15-8+,20-16-,26-21-;. The van der Waals surface area contributed by atoms with E-state index in [0.717, 1.165) is 55.6 Å². The second kappa shape index (κ2) is 14.3. The molecule has 0 spiro atoms. The Kier molecular flexibility index (Phi) is 11.8. The third-order valence-electron chi connectivity index (χ3n) is 6.62. The highest BCUT2D eigenvalue weighted by Gasteiger charge is 2.41. The van der Waals surface area contributed by atoms with E-state index in [4.69, 9.17) is 4.74 Å². The number of ether oxygens (including phenoxy) is 1. The van der Waals surface area contributed by atoms with Gasteiger partial charge >= 0.3 is 6.09 Å². The number of halogens is 1.